The summed E-state index contributed by atoms with van der Waals surface area (Å²) in [7, 11) is 1.61. The quantitative estimate of drug-likeness (QED) is 0.338. The highest BCUT2D eigenvalue weighted by Crippen LogP contribution is 2.37. The average Bonchev–Trinajstić information content (AvgIpc) is 2.77. The van der Waals surface area contributed by atoms with Crippen molar-refractivity contribution in [3.05, 3.63) is 91.9 Å². The molecule has 4 rings (SSSR count). The van der Waals surface area contributed by atoms with Crippen molar-refractivity contribution in [1.82, 2.24) is 0 Å². The van der Waals surface area contributed by atoms with Crippen LogP contribution in [-0.2, 0) is 4.74 Å². The number of benzene rings is 3. The number of hydrogen-bond acceptors (Lipinski definition) is 3. The van der Waals surface area contributed by atoms with Gasteiger partial charge in [-0.25, -0.2) is 0 Å². The van der Waals surface area contributed by atoms with Crippen LogP contribution in [-0.4, -0.2) is 18.1 Å². The molecule has 1 aliphatic rings. The van der Waals surface area contributed by atoms with Gasteiger partial charge in [-0.2, -0.15) is 4.99 Å². The zero-order valence-corrected chi connectivity index (χ0v) is 19.8. The van der Waals surface area contributed by atoms with E-state index in [9.17, 15) is 0 Å². The van der Waals surface area contributed by atoms with Crippen molar-refractivity contribution < 1.29 is 9.47 Å². The summed E-state index contributed by atoms with van der Waals surface area (Å²) >= 11 is 30.2. The monoisotopic (exact) mass is 510 g/mol. The van der Waals surface area contributed by atoms with Crippen molar-refractivity contribution in [3.63, 3.8) is 0 Å². The molecule has 4 nitrogen and oxygen atoms in total. The maximum absolute atomic E-state index is 6.30. The van der Waals surface area contributed by atoms with Gasteiger partial charge in [0.25, 0.3) is 0 Å². The highest BCUT2D eigenvalue weighted by atomic mass is 35.5. The molecule has 3 aromatic carbocycles. The molecule has 1 atom stereocenters. The van der Waals surface area contributed by atoms with Crippen molar-refractivity contribution >= 4 is 75.3 Å². The standard InChI is InChI=1S/C22H14Cl4N2O2S/c1-29-15-6-2-12(3-7-15)21-28(14-5-9-17(24)19(26)11-14)22(31)27-20(30-21)13-4-8-16(23)18(25)10-13/h2-11,21H,1H3. The molecule has 0 aliphatic carbocycles. The molecule has 0 fully saturated rings. The number of methoxy groups -OCH3 is 1. The van der Waals surface area contributed by atoms with E-state index in [2.05, 4.69) is 4.99 Å². The summed E-state index contributed by atoms with van der Waals surface area (Å²) in [5.41, 5.74) is 2.18. The van der Waals surface area contributed by atoms with Crippen molar-refractivity contribution in [2.24, 2.45) is 4.99 Å². The van der Waals surface area contributed by atoms with Crippen LogP contribution in [0.25, 0.3) is 0 Å². The molecular formula is C22H14Cl4N2O2S. The van der Waals surface area contributed by atoms with Crippen LogP contribution in [0.1, 0.15) is 17.4 Å². The first kappa shape index (κ1) is 22.2. The van der Waals surface area contributed by atoms with E-state index in [1.807, 2.05) is 24.3 Å². The number of anilines is 1. The first-order valence-corrected chi connectivity index (χ1v) is 10.9. The minimum atomic E-state index is -0.613. The second-order valence-corrected chi connectivity index (χ2v) is 8.53. The number of ether oxygens (including phenoxy) is 2. The molecular weight excluding hydrogens is 498 g/mol. The molecule has 31 heavy (non-hydrogen) atoms. The van der Waals surface area contributed by atoms with Gasteiger partial charge in [0.05, 0.1) is 27.2 Å². The molecule has 0 N–H and O–H groups in total. The number of thiocarbonyl (C=S) groups is 1. The molecule has 1 heterocycles. The smallest absolute Gasteiger partial charge is 0.225 e. The number of aliphatic imine (C=N–C) groups is 1. The summed E-state index contributed by atoms with van der Waals surface area (Å²) in [6, 6.07) is 17.9. The van der Waals surface area contributed by atoms with Crippen LogP contribution < -0.4 is 9.64 Å². The molecule has 0 radical (unpaired) electrons. The number of rotatable bonds is 4. The number of halogens is 4. The molecule has 0 bridgehead atoms. The third-order valence-corrected chi connectivity index (χ3v) is 6.38. The van der Waals surface area contributed by atoms with Gasteiger partial charge in [0.1, 0.15) is 5.75 Å². The van der Waals surface area contributed by atoms with Crippen LogP contribution >= 0.6 is 58.6 Å². The van der Waals surface area contributed by atoms with E-state index in [0.29, 0.717) is 42.4 Å². The summed E-state index contributed by atoms with van der Waals surface area (Å²) in [5, 5.41) is 1.97. The molecule has 0 aromatic heterocycles. The van der Waals surface area contributed by atoms with Gasteiger partial charge in [-0.1, -0.05) is 46.4 Å². The van der Waals surface area contributed by atoms with Crippen molar-refractivity contribution in [1.29, 1.82) is 0 Å². The lowest BCUT2D eigenvalue weighted by molar-refractivity contribution is 0.196. The van der Waals surface area contributed by atoms with Crippen LogP contribution in [0.5, 0.6) is 5.75 Å². The second-order valence-electron chi connectivity index (χ2n) is 6.54. The second kappa shape index (κ2) is 9.23. The van der Waals surface area contributed by atoms with Gasteiger partial charge in [0, 0.05) is 16.8 Å². The summed E-state index contributed by atoms with van der Waals surface area (Å²) < 4.78 is 11.6. The fourth-order valence-corrected chi connectivity index (χ4v) is 3.93. The van der Waals surface area contributed by atoms with Crippen molar-refractivity contribution in [2.45, 2.75) is 6.23 Å². The van der Waals surface area contributed by atoms with Crippen LogP contribution in [0, 0.1) is 0 Å². The zero-order chi connectivity index (χ0) is 22.1. The SMILES string of the molecule is COc1ccc(C2OC(c3ccc(Cl)c(Cl)c3)=NC(=S)N2c2ccc(Cl)c(Cl)c2)cc1. The minimum absolute atomic E-state index is 0.298. The minimum Gasteiger partial charge on any atom is -0.497 e. The van der Waals surface area contributed by atoms with Crippen LogP contribution in [0.4, 0.5) is 5.69 Å². The molecule has 1 aliphatic heterocycles. The Morgan fingerprint density at radius 1 is 0.871 bits per heavy atom. The molecule has 9 heteroatoms. The highest BCUT2D eigenvalue weighted by molar-refractivity contribution is 7.80. The van der Waals surface area contributed by atoms with Gasteiger partial charge >= 0.3 is 0 Å². The largest absolute Gasteiger partial charge is 0.497 e. The number of nitrogens with zero attached hydrogens (tertiary/aromatic N) is 2. The van der Waals surface area contributed by atoms with Gasteiger partial charge in [-0.3, -0.25) is 4.90 Å². The van der Waals surface area contributed by atoms with E-state index in [-0.39, 0.29) is 0 Å². The Morgan fingerprint density at radius 2 is 1.52 bits per heavy atom. The lowest BCUT2D eigenvalue weighted by atomic mass is 10.1. The lowest BCUT2D eigenvalue weighted by Gasteiger charge is -2.36. The highest BCUT2D eigenvalue weighted by Gasteiger charge is 2.33. The van der Waals surface area contributed by atoms with Crippen molar-refractivity contribution in [2.75, 3.05) is 12.0 Å². The summed E-state index contributed by atoms with van der Waals surface area (Å²) in [5.74, 6) is 1.06. The van der Waals surface area contributed by atoms with E-state index in [1.54, 1.807) is 48.4 Å². The predicted octanol–water partition coefficient (Wildman–Crippen LogP) is 7.58. The Kier molecular flexibility index (Phi) is 6.60. The molecule has 3 aromatic rings. The van der Waals surface area contributed by atoms with E-state index < -0.39 is 6.23 Å². The third-order valence-electron chi connectivity index (χ3n) is 4.61. The van der Waals surface area contributed by atoms with Gasteiger partial charge < -0.3 is 9.47 Å². The van der Waals surface area contributed by atoms with Crippen LogP contribution in [0.3, 0.4) is 0 Å². The Morgan fingerprint density at radius 3 is 2.13 bits per heavy atom. The van der Waals surface area contributed by atoms with E-state index in [0.717, 1.165) is 11.3 Å². The van der Waals surface area contributed by atoms with Crippen molar-refractivity contribution in [3.8, 4) is 5.75 Å². The topological polar surface area (TPSA) is 34.1 Å². The first-order valence-electron chi connectivity index (χ1n) is 9.00. The molecule has 158 valence electrons. The third kappa shape index (κ3) is 4.61. The summed E-state index contributed by atoms with van der Waals surface area (Å²) in [4.78, 5) is 6.26. The van der Waals surface area contributed by atoms with E-state index >= 15 is 0 Å². The molecule has 0 saturated carbocycles. The van der Waals surface area contributed by atoms with Gasteiger partial charge in [0.15, 0.2) is 0 Å². The van der Waals surface area contributed by atoms with Crippen LogP contribution in [0.15, 0.2) is 65.7 Å². The van der Waals surface area contributed by atoms with Gasteiger partial charge in [-0.05, 0) is 72.9 Å². The lowest BCUT2D eigenvalue weighted by Crippen LogP contribution is -2.40. The fourth-order valence-electron chi connectivity index (χ4n) is 3.05. The first-order chi connectivity index (χ1) is 14.9. The molecule has 0 amide bonds. The summed E-state index contributed by atoms with van der Waals surface area (Å²) in [6.07, 6.45) is -0.613. The molecule has 0 saturated heterocycles. The Labute approximate surface area is 204 Å². The van der Waals surface area contributed by atoms with Gasteiger partial charge in [0.2, 0.25) is 17.2 Å². The molecule has 1 unspecified atom stereocenters. The van der Waals surface area contributed by atoms with E-state index in [4.69, 9.17) is 68.1 Å². The summed E-state index contributed by atoms with van der Waals surface area (Å²) in [6.45, 7) is 0. The Balaban J connectivity index is 1.81. The van der Waals surface area contributed by atoms with E-state index in [1.165, 1.54) is 0 Å². The average molecular weight is 512 g/mol. The fraction of sp³-hybridized carbons (Fsp3) is 0.0909. The normalized spacial score (nSPS) is 16.0. The van der Waals surface area contributed by atoms with Gasteiger partial charge in [-0.15, -0.1) is 0 Å². The zero-order valence-electron chi connectivity index (χ0n) is 16.0. The molecule has 0 spiro atoms. The predicted molar refractivity (Wildman–Crippen MR) is 131 cm³/mol. The van der Waals surface area contributed by atoms with Crippen LogP contribution in [0.2, 0.25) is 20.1 Å². The Hall–Kier alpha value is -2.02. The maximum atomic E-state index is 6.30. The number of hydrogen-bond donors (Lipinski definition) is 0. The Bertz CT molecular complexity index is 1180. The maximum Gasteiger partial charge on any atom is 0.225 e.